The Labute approximate surface area is 345 Å². The van der Waals surface area contributed by atoms with Crippen molar-refractivity contribution in [1.82, 2.24) is 20.3 Å². The van der Waals surface area contributed by atoms with Crippen LogP contribution in [0.25, 0.3) is 0 Å². The second-order valence-electron chi connectivity index (χ2n) is 18.1. The summed E-state index contributed by atoms with van der Waals surface area (Å²) < 4.78 is 100.0. The van der Waals surface area contributed by atoms with Crippen LogP contribution in [-0.2, 0) is 33.9 Å². The Morgan fingerprint density at radius 1 is 1.13 bits per heavy atom. The molecule has 60 heavy (non-hydrogen) atoms. The number of aliphatic imine (C=N–C) groups is 1. The quantitative estimate of drug-likeness (QED) is 0.220. The van der Waals surface area contributed by atoms with Gasteiger partial charge in [-0.1, -0.05) is 33.8 Å². The van der Waals surface area contributed by atoms with Crippen molar-refractivity contribution < 1.29 is 54.6 Å². The van der Waals surface area contributed by atoms with Crippen molar-refractivity contribution in [1.29, 1.82) is 5.26 Å². The molecule has 9 atom stereocenters. The zero-order valence-corrected chi connectivity index (χ0v) is 34.6. The number of amides is 4. The lowest BCUT2D eigenvalue weighted by Gasteiger charge is -2.36. The Hall–Kier alpha value is -4.93. The SMILES string of the molecule is CC[C@@H]1[C@@H]2CN(C(=O)[C@H](C(C)(C)C)NC(=O)O[C@@H]3C[C@H]3CC/C=C/C(F)(F)C3Nc4ccc(C#N)cc4N=C3O2)[C@@H]1C(=O)N[C@]1(C(=O)NS(=O)(=O)C2(C)CC2)C[C@H]1C(F)F. The maximum Gasteiger partial charge on any atom is 0.408 e. The average molecular weight is 864 g/mol. The molecule has 15 nitrogen and oxygen atoms in total. The fraction of sp³-hybridized carbons (Fsp3) is 0.650. The molecule has 2 bridgehead atoms. The molecule has 4 N–H and O–H groups in total. The van der Waals surface area contributed by atoms with Crippen LogP contribution in [0.4, 0.5) is 33.7 Å². The lowest BCUT2D eigenvalue weighted by atomic mass is 9.85. The molecular formula is C40H49F4N7O8S. The van der Waals surface area contributed by atoms with Gasteiger partial charge in [-0.05, 0) is 87.5 Å². The molecule has 1 aromatic carbocycles. The standard InChI is InChI=1S/C40H49F4N7O8S/c1-6-22-27-19-51(28(22)32(52)49-39(17-23(39)31(41)42)35(54)50-60(56,57)38(5)13-14-38)34(53)30(37(2,3)4)48-36(55)59-26-16-21(26)9-7-8-12-40(43,44)29-33(58-27)47-25-15-20(18-45)10-11-24(25)46-29/h8,10-12,15,21-23,26-31,46H,6-7,9,13-14,16-17,19H2,1-5H3,(H,48,55)(H,49,52)(H,50,54)/b12-8+/t21-,22-,23+,26-,27+,28+,29?,30-,39-/m1/s1. The summed E-state index contributed by atoms with van der Waals surface area (Å²) in [6.07, 6.45) is -2.77. The number of benzene rings is 1. The van der Waals surface area contributed by atoms with E-state index in [1.807, 2.05) is 10.8 Å². The van der Waals surface area contributed by atoms with Gasteiger partial charge in [0.25, 0.3) is 11.8 Å². The molecule has 0 spiro atoms. The van der Waals surface area contributed by atoms with E-state index in [4.69, 9.17) is 9.47 Å². The first kappa shape index (κ1) is 43.2. The summed E-state index contributed by atoms with van der Waals surface area (Å²) in [7, 11) is -4.32. The summed E-state index contributed by atoms with van der Waals surface area (Å²) in [6, 6.07) is 1.36. The molecule has 0 radical (unpaired) electrons. The minimum Gasteiger partial charge on any atom is -0.473 e. The number of alkyl carbamates (subject to hydrolysis) is 1. The Kier molecular flexibility index (Phi) is 10.9. The molecule has 326 valence electrons. The molecule has 3 saturated carbocycles. The van der Waals surface area contributed by atoms with Crippen LogP contribution in [0.5, 0.6) is 0 Å². The predicted octanol–water partition coefficient (Wildman–Crippen LogP) is 4.66. The van der Waals surface area contributed by atoms with Crippen LogP contribution in [-0.4, -0.2) is 103 Å². The van der Waals surface area contributed by atoms with Gasteiger partial charge in [-0.15, -0.1) is 0 Å². The number of allylic oxidation sites excluding steroid dienone is 1. The molecule has 3 aliphatic carbocycles. The smallest absolute Gasteiger partial charge is 0.408 e. The average Bonchev–Trinajstić information content (AvgIpc) is 4.12. The van der Waals surface area contributed by atoms with Gasteiger partial charge in [0.1, 0.15) is 29.8 Å². The van der Waals surface area contributed by atoms with E-state index < -0.39 is 123 Å². The predicted molar refractivity (Wildman–Crippen MR) is 208 cm³/mol. The van der Waals surface area contributed by atoms with Crippen LogP contribution >= 0.6 is 0 Å². The number of nitriles is 1. The zero-order valence-electron chi connectivity index (χ0n) is 33.8. The third kappa shape index (κ3) is 8.13. The van der Waals surface area contributed by atoms with E-state index in [1.54, 1.807) is 27.7 Å². The largest absolute Gasteiger partial charge is 0.473 e. The summed E-state index contributed by atoms with van der Waals surface area (Å²) in [6.45, 7) is 7.54. The lowest BCUT2D eigenvalue weighted by Crippen LogP contribution is -2.61. The van der Waals surface area contributed by atoms with Crippen LogP contribution in [0.3, 0.4) is 0 Å². The van der Waals surface area contributed by atoms with E-state index in [2.05, 4.69) is 20.9 Å². The molecular weight excluding hydrogens is 815 g/mol. The van der Waals surface area contributed by atoms with Crippen molar-refractivity contribution in [3.8, 4) is 6.07 Å². The number of sulfonamides is 1. The highest BCUT2D eigenvalue weighted by Crippen LogP contribution is 2.50. The first-order valence-corrected chi connectivity index (χ1v) is 21.6. The number of hydrogen-bond donors (Lipinski definition) is 4. The summed E-state index contributed by atoms with van der Waals surface area (Å²) in [5, 5.41) is 17.4. The van der Waals surface area contributed by atoms with Gasteiger partial charge in [0.15, 0.2) is 6.04 Å². The topological polar surface area (TPSA) is 208 Å². The van der Waals surface area contributed by atoms with Gasteiger partial charge < -0.3 is 30.3 Å². The van der Waals surface area contributed by atoms with E-state index >= 15 is 8.78 Å². The van der Waals surface area contributed by atoms with E-state index in [0.717, 1.165) is 11.0 Å². The third-order valence-corrected chi connectivity index (χ3v) is 14.8. The van der Waals surface area contributed by atoms with Gasteiger partial charge in [-0.2, -0.15) is 14.0 Å². The summed E-state index contributed by atoms with van der Waals surface area (Å²) in [4.78, 5) is 61.9. The number of nitrogens with zero attached hydrogens (tertiary/aromatic N) is 3. The molecule has 1 aromatic rings. The van der Waals surface area contributed by atoms with E-state index in [0.29, 0.717) is 12.8 Å². The third-order valence-electron chi connectivity index (χ3n) is 12.6. The molecule has 3 heterocycles. The Balaban J connectivity index is 1.29. The molecule has 1 saturated heterocycles. The molecule has 6 aliphatic rings. The van der Waals surface area contributed by atoms with Gasteiger partial charge in [0.2, 0.25) is 34.2 Å². The van der Waals surface area contributed by atoms with Crippen molar-refractivity contribution in [2.45, 2.75) is 133 Å². The maximum atomic E-state index is 16.3. The molecule has 20 heteroatoms. The number of nitrogens with one attached hydrogen (secondary N) is 4. The first-order valence-electron chi connectivity index (χ1n) is 20.1. The van der Waals surface area contributed by atoms with Gasteiger partial charge in [0, 0.05) is 5.92 Å². The van der Waals surface area contributed by atoms with Crippen LogP contribution in [0.2, 0.25) is 0 Å². The minimum absolute atomic E-state index is 0.0340. The van der Waals surface area contributed by atoms with E-state index in [1.165, 1.54) is 31.2 Å². The van der Waals surface area contributed by atoms with Crippen LogP contribution in [0.15, 0.2) is 35.3 Å². The van der Waals surface area contributed by atoms with Crippen LogP contribution < -0.4 is 20.7 Å². The van der Waals surface area contributed by atoms with Gasteiger partial charge in [-0.3, -0.25) is 19.1 Å². The second kappa shape index (κ2) is 15.2. The lowest BCUT2D eigenvalue weighted by molar-refractivity contribution is -0.144. The summed E-state index contributed by atoms with van der Waals surface area (Å²) in [5.74, 6) is -10.4. The number of carbonyl (C=O) groups is 4. The molecule has 1 unspecified atom stereocenters. The number of fused-ring (bicyclic) bond motifs is 5. The number of rotatable bonds is 7. The van der Waals surface area contributed by atoms with E-state index in [-0.39, 0.29) is 48.5 Å². The van der Waals surface area contributed by atoms with Gasteiger partial charge >= 0.3 is 6.09 Å². The number of alkyl halides is 4. The Bertz CT molecular complexity index is 2170. The van der Waals surface area contributed by atoms with Crippen LogP contribution in [0, 0.1) is 34.5 Å². The van der Waals surface area contributed by atoms with Crippen molar-refractivity contribution in [3.63, 3.8) is 0 Å². The normalized spacial score (nSPS) is 33.5. The second-order valence-corrected chi connectivity index (χ2v) is 20.3. The van der Waals surface area contributed by atoms with Gasteiger partial charge in [-0.25, -0.2) is 27.0 Å². The van der Waals surface area contributed by atoms with Gasteiger partial charge in [0.05, 0.1) is 40.2 Å². The Morgan fingerprint density at radius 3 is 2.47 bits per heavy atom. The van der Waals surface area contributed by atoms with Crippen molar-refractivity contribution in [3.05, 3.63) is 35.9 Å². The van der Waals surface area contributed by atoms with Crippen molar-refractivity contribution >= 4 is 51.1 Å². The molecule has 4 fully saturated rings. The zero-order chi connectivity index (χ0) is 43.7. The number of hydrogen-bond acceptors (Lipinski definition) is 11. The molecule has 7 rings (SSSR count). The molecule has 0 aromatic heterocycles. The number of anilines is 1. The van der Waals surface area contributed by atoms with Crippen molar-refractivity contribution in [2.75, 3.05) is 11.9 Å². The highest BCUT2D eigenvalue weighted by atomic mass is 32.2. The number of halogens is 4. The minimum atomic E-state index is -4.32. The highest BCUT2D eigenvalue weighted by molar-refractivity contribution is 7.91. The highest BCUT2D eigenvalue weighted by Gasteiger charge is 2.68. The summed E-state index contributed by atoms with van der Waals surface area (Å²) >= 11 is 0. The maximum absolute atomic E-state index is 16.3. The summed E-state index contributed by atoms with van der Waals surface area (Å²) in [5.41, 5.74) is -2.91. The number of carbonyl (C=O) groups excluding carboxylic acids is 4. The molecule has 4 amide bonds. The van der Waals surface area contributed by atoms with Crippen LogP contribution in [0.1, 0.15) is 85.1 Å². The monoisotopic (exact) mass is 863 g/mol. The molecule has 3 aliphatic heterocycles. The van der Waals surface area contributed by atoms with Crippen molar-refractivity contribution in [2.24, 2.45) is 28.2 Å². The fourth-order valence-electron chi connectivity index (χ4n) is 8.32. The van der Waals surface area contributed by atoms with E-state index in [9.17, 15) is 41.6 Å². The first-order chi connectivity index (χ1) is 28.0. The Morgan fingerprint density at radius 2 is 1.85 bits per heavy atom. The fourth-order valence-corrected chi connectivity index (χ4v) is 9.64. The number of ether oxygens (including phenoxy) is 2.